The van der Waals surface area contributed by atoms with Crippen molar-refractivity contribution in [1.29, 1.82) is 0 Å². The van der Waals surface area contributed by atoms with Gasteiger partial charge in [-0.25, -0.2) is 18.7 Å². The summed E-state index contributed by atoms with van der Waals surface area (Å²) in [7, 11) is -1.80. The van der Waals surface area contributed by atoms with Crippen molar-refractivity contribution in [1.82, 2.24) is 19.6 Å². The fourth-order valence-corrected chi connectivity index (χ4v) is 7.34. The lowest BCUT2D eigenvalue weighted by atomic mass is 9.79. The van der Waals surface area contributed by atoms with Crippen LogP contribution < -0.4 is 5.48 Å². The zero-order chi connectivity index (χ0) is 25.8. The van der Waals surface area contributed by atoms with Crippen LogP contribution in [0.15, 0.2) is 36.4 Å². The highest BCUT2D eigenvalue weighted by Crippen LogP contribution is 2.35. The lowest BCUT2D eigenvalue weighted by Gasteiger charge is -2.41. The number of sulfonamides is 1. The number of likely N-dealkylation sites (N-methyl/N-ethyl adjacent to an activating group) is 1. The maximum atomic E-state index is 13.4. The third kappa shape index (κ3) is 6.08. The molecule has 0 bridgehead atoms. The fraction of sp³-hybridized carbons (Fsp3) is 0.600. The number of carbonyl (C=O) groups is 2. The van der Waals surface area contributed by atoms with E-state index in [0.29, 0.717) is 19.5 Å². The molecule has 10 nitrogen and oxygen atoms in total. The van der Waals surface area contributed by atoms with E-state index in [0.717, 1.165) is 30.5 Å². The van der Waals surface area contributed by atoms with Crippen molar-refractivity contribution < 1.29 is 28.0 Å². The molecule has 198 valence electrons. The Balaban J connectivity index is 1.39. The third-order valence-corrected chi connectivity index (χ3v) is 9.62. The van der Waals surface area contributed by atoms with Crippen molar-refractivity contribution in [2.45, 2.75) is 38.2 Å². The van der Waals surface area contributed by atoms with Crippen LogP contribution in [-0.2, 0) is 19.6 Å². The standard InChI is InChI=1S/C25H36N4O6S/c1-27-13-5-8-22(18-27)35-24(31)28-16-11-25(12-17-28,23(30)26-32)19-36(33,34)29-14-9-21(10-15-29)20-6-3-2-4-7-20/h2-4,6-7,9,22,32H,5,8,10-19H2,1H3,(H,26,30). The number of benzene rings is 1. The second-order valence-electron chi connectivity index (χ2n) is 10.1. The minimum absolute atomic E-state index is 0.122. The SMILES string of the molecule is CN1CCCC(OC(=O)N2CCC(CS(=O)(=O)N3CC=C(c4ccccc4)CC3)(C(=O)NO)CC2)C1. The van der Waals surface area contributed by atoms with Gasteiger partial charge in [0.15, 0.2) is 0 Å². The van der Waals surface area contributed by atoms with Gasteiger partial charge in [0.25, 0.3) is 5.91 Å². The normalized spacial score (nSPS) is 23.6. The molecule has 0 aromatic heterocycles. The molecule has 3 aliphatic heterocycles. The first kappa shape index (κ1) is 26.6. The van der Waals surface area contributed by atoms with Crippen LogP contribution in [0.2, 0.25) is 0 Å². The molecule has 4 rings (SSSR count). The monoisotopic (exact) mass is 520 g/mol. The van der Waals surface area contributed by atoms with Crippen molar-refractivity contribution in [2.75, 3.05) is 52.1 Å². The molecule has 2 amide bonds. The van der Waals surface area contributed by atoms with E-state index in [-0.39, 0.29) is 38.6 Å². The van der Waals surface area contributed by atoms with Gasteiger partial charge in [-0.05, 0) is 56.8 Å². The first-order valence-electron chi connectivity index (χ1n) is 12.5. The van der Waals surface area contributed by atoms with E-state index in [4.69, 9.17) is 4.74 Å². The maximum absolute atomic E-state index is 13.4. The highest BCUT2D eigenvalue weighted by Gasteiger charge is 2.47. The number of hydroxylamine groups is 1. The average molecular weight is 521 g/mol. The number of likely N-dealkylation sites (tertiary alicyclic amines) is 2. The largest absolute Gasteiger partial charge is 0.445 e. The van der Waals surface area contributed by atoms with Crippen LogP contribution in [0.5, 0.6) is 0 Å². The van der Waals surface area contributed by atoms with Crippen molar-refractivity contribution in [2.24, 2.45) is 5.41 Å². The summed E-state index contributed by atoms with van der Waals surface area (Å²) in [5, 5.41) is 9.41. The molecule has 1 unspecified atom stereocenters. The predicted molar refractivity (Wildman–Crippen MR) is 135 cm³/mol. The van der Waals surface area contributed by atoms with E-state index >= 15 is 0 Å². The van der Waals surface area contributed by atoms with E-state index in [9.17, 15) is 23.2 Å². The molecule has 2 saturated heterocycles. The summed E-state index contributed by atoms with van der Waals surface area (Å²) in [5.74, 6) is -1.15. The molecule has 0 spiro atoms. The second-order valence-corrected chi connectivity index (χ2v) is 12.0. The van der Waals surface area contributed by atoms with Crippen LogP contribution in [0.1, 0.15) is 37.7 Å². The molecule has 1 aromatic rings. The van der Waals surface area contributed by atoms with Gasteiger partial charge in [-0.1, -0.05) is 36.4 Å². The highest BCUT2D eigenvalue weighted by atomic mass is 32.2. The summed E-state index contributed by atoms with van der Waals surface area (Å²) in [5.41, 5.74) is 2.52. The van der Waals surface area contributed by atoms with Crippen LogP contribution in [0.25, 0.3) is 5.57 Å². The first-order chi connectivity index (χ1) is 17.2. The molecule has 36 heavy (non-hydrogen) atoms. The number of hydrogen-bond acceptors (Lipinski definition) is 7. The van der Waals surface area contributed by atoms with E-state index < -0.39 is 33.2 Å². The van der Waals surface area contributed by atoms with Crippen LogP contribution in [0, 0.1) is 5.41 Å². The third-order valence-electron chi connectivity index (χ3n) is 7.58. The van der Waals surface area contributed by atoms with Gasteiger partial charge >= 0.3 is 6.09 Å². The van der Waals surface area contributed by atoms with E-state index in [1.807, 2.05) is 43.5 Å². The van der Waals surface area contributed by atoms with E-state index in [2.05, 4.69) is 4.90 Å². The van der Waals surface area contributed by atoms with Gasteiger partial charge in [-0.2, -0.15) is 4.31 Å². The molecule has 3 heterocycles. The summed E-state index contributed by atoms with van der Waals surface area (Å²) in [6.07, 6.45) is 3.91. The van der Waals surface area contributed by atoms with Crippen LogP contribution in [0.4, 0.5) is 4.79 Å². The fourth-order valence-electron chi connectivity index (χ4n) is 5.36. The van der Waals surface area contributed by atoms with Crippen molar-refractivity contribution in [3.8, 4) is 0 Å². The number of nitrogens with zero attached hydrogens (tertiary/aromatic N) is 3. The molecule has 0 radical (unpaired) electrons. The van der Waals surface area contributed by atoms with E-state index in [1.54, 1.807) is 5.48 Å². The smallest absolute Gasteiger partial charge is 0.410 e. The molecule has 1 atom stereocenters. The molecular weight excluding hydrogens is 484 g/mol. The lowest BCUT2D eigenvalue weighted by Crippen LogP contribution is -2.55. The van der Waals surface area contributed by atoms with Crippen LogP contribution in [0.3, 0.4) is 0 Å². The molecule has 3 aliphatic rings. The Bertz CT molecular complexity index is 1070. The average Bonchev–Trinajstić information content (AvgIpc) is 2.89. The molecule has 2 N–H and O–H groups in total. The van der Waals surface area contributed by atoms with Gasteiger partial charge in [0, 0.05) is 32.7 Å². The summed E-state index contributed by atoms with van der Waals surface area (Å²) < 4.78 is 33.8. The first-order valence-corrected chi connectivity index (χ1v) is 14.1. The quantitative estimate of drug-likeness (QED) is 0.434. The number of nitrogens with one attached hydrogen (secondary N) is 1. The Kier molecular flexibility index (Phi) is 8.34. The van der Waals surface area contributed by atoms with Crippen molar-refractivity contribution in [3.05, 3.63) is 42.0 Å². The summed E-state index contributed by atoms with van der Waals surface area (Å²) in [6, 6.07) is 9.84. The molecular formula is C25H36N4O6S. The van der Waals surface area contributed by atoms with Crippen LogP contribution >= 0.6 is 0 Å². The Morgan fingerprint density at radius 1 is 1.14 bits per heavy atom. The molecule has 1 aromatic carbocycles. The van der Waals surface area contributed by atoms with Gasteiger partial charge in [0.05, 0.1) is 11.2 Å². The summed E-state index contributed by atoms with van der Waals surface area (Å²) >= 11 is 0. The van der Waals surface area contributed by atoms with Crippen LogP contribution in [-0.4, -0.2) is 97.9 Å². The van der Waals surface area contributed by atoms with Gasteiger partial charge in [0.2, 0.25) is 10.0 Å². The number of ether oxygens (including phenoxy) is 1. The van der Waals surface area contributed by atoms with Crippen molar-refractivity contribution in [3.63, 3.8) is 0 Å². The lowest BCUT2D eigenvalue weighted by molar-refractivity contribution is -0.141. The zero-order valence-electron chi connectivity index (χ0n) is 20.8. The number of hydrogen-bond donors (Lipinski definition) is 2. The molecule has 11 heteroatoms. The van der Waals surface area contributed by atoms with Gasteiger partial charge in [-0.15, -0.1) is 0 Å². The minimum atomic E-state index is -3.79. The maximum Gasteiger partial charge on any atom is 0.410 e. The molecule has 0 saturated carbocycles. The van der Waals surface area contributed by atoms with E-state index in [1.165, 1.54) is 9.21 Å². The molecule has 0 aliphatic carbocycles. The Labute approximate surface area is 212 Å². The number of rotatable bonds is 6. The predicted octanol–water partition coefficient (Wildman–Crippen LogP) is 1.92. The number of piperidine rings is 2. The van der Waals surface area contributed by atoms with Crippen molar-refractivity contribution >= 4 is 27.6 Å². The zero-order valence-corrected chi connectivity index (χ0v) is 21.6. The Hall–Kier alpha value is -2.47. The second kappa shape index (κ2) is 11.3. The minimum Gasteiger partial charge on any atom is -0.445 e. The summed E-state index contributed by atoms with van der Waals surface area (Å²) in [6.45, 7) is 2.59. The van der Waals surface area contributed by atoms with Gasteiger partial charge in [0.1, 0.15) is 6.10 Å². The number of amides is 2. The summed E-state index contributed by atoms with van der Waals surface area (Å²) in [4.78, 5) is 29.1. The Morgan fingerprint density at radius 2 is 1.86 bits per heavy atom. The number of carbonyl (C=O) groups excluding carboxylic acids is 2. The highest BCUT2D eigenvalue weighted by molar-refractivity contribution is 7.89. The Morgan fingerprint density at radius 3 is 2.47 bits per heavy atom. The molecule has 2 fully saturated rings. The topological polar surface area (TPSA) is 119 Å². The van der Waals surface area contributed by atoms with Gasteiger partial charge in [-0.3, -0.25) is 10.0 Å². The van der Waals surface area contributed by atoms with Gasteiger partial charge < -0.3 is 14.5 Å².